The van der Waals surface area contributed by atoms with E-state index in [-0.39, 0.29) is 6.23 Å². The molecule has 1 fully saturated rings. The highest BCUT2D eigenvalue weighted by atomic mass is 19.1. The predicted molar refractivity (Wildman–Crippen MR) is 117 cm³/mol. The molecule has 0 radical (unpaired) electrons. The van der Waals surface area contributed by atoms with Crippen LogP contribution in [0.4, 0.5) is 9.18 Å². The van der Waals surface area contributed by atoms with Gasteiger partial charge in [0.05, 0.1) is 12.1 Å². The maximum absolute atomic E-state index is 14.6. The third-order valence-electron chi connectivity index (χ3n) is 5.91. The Hall–Kier alpha value is -3.13. The molecule has 168 valence electrons. The lowest BCUT2D eigenvalue weighted by Gasteiger charge is -2.23. The summed E-state index contributed by atoms with van der Waals surface area (Å²) in [6.45, 7) is 3.29. The summed E-state index contributed by atoms with van der Waals surface area (Å²) in [5, 5.41) is 8.44. The van der Waals surface area contributed by atoms with Crippen LogP contribution < -0.4 is 10.1 Å². The number of halogens is 1. The molecular weight excluding hydrogens is 413 g/mol. The first kappa shape index (κ1) is 20.8. The minimum atomic E-state index is -0.614. The van der Waals surface area contributed by atoms with Gasteiger partial charge >= 0.3 is 6.09 Å². The fourth-order valence-electron chi connectivity index (χ4n) is 4.27. The van der Waals surface area contributed by atoms with Gasteiger partial charge in [-0.1, -0.05) is 0 Å². The first-order valence-electron chi connectivity index (χ1n) is 11.1. The van der Waals surface area contributed by atoms with Crippen molar-refractivity contribution >= 4 is 17.0 Å². The van der Waals surface area contributed by atoms with Crippen molar-refractivity contribution in [2.24, 2.45) is 0 Å². The van der Waals surface area contributed by atoms with E-state index in [2.05, 4.69) is 5.32 Å². The van der Waals surface area contributed by atoms with E-state index in [0.717, 1.165) is 30.2 Å². The summed E-state index contributed by atoms with van der Waals surface area (Å²) in [5.41, 5.74) is 2.74. The molecule has 7 nitrogen and oxygen atoms in total. The van der Waals surface area contributed by atoms with E-state index in [1.165, 1.54) is 12.1 Å². The number of nitrogens with zero attached hydrogens (tertiary/aromatic N) is 2. The molecule has 32 heavy (non-hydrogen) atoms. The molecule has 1 N–H and O–H groups in total. The fourth-order valence-corrected chi connectivity index (χ4v) is 4.27. The van der Waals surface area contributed by atoms with Gasteiger partial charge in [-0.05, 0) is 74.6 Å². The molecule has 2 atom stereocenters. The second-order valence-electron chi connectivity index (χ2n) is 8.24. The smallest absolute Gasteiger partial charge is 0.407 e. The highest BCUT2D eigenvalue weighted by Gasteiger charge is 2.23. The lowest BCUT2D eigenvalue weighted by atomic mass is 10.0. The minimum absolute atomic E-state index is 0.156. The van der Waals surface area contributed by atoms with Gasteiger partial charge in [0.1, 0.15) is 23.4 Å². The van der Waals surface area contributed by atoms with Crippen molar-refractivity contribution in [3.63, 3.8) is 0 Å². The summed E-state index contributed by atoms with van der Waals surface area (Å²) in [6.07, 6.45) is 2.31. The Morgan fingerprint density at radius 2 is 2.03 bits per heavy atom. The zero-order valence-corrected chi connectivity index (χ0v) is 18.0. The van der Waals surface area contributed by atoms with Crippen LogP contribution in [0.15, 0.2) is 36.4 Å². The van der Waals surface area contributed by atoms with Crippen LogP contribution in [-0.2, 0) is 9.47 Å². The number of aromatic nitrogens is 2. The number of nitrogens with one attached hydrogen (secondary N) is 1. The first-order valence-corrected chi connectivity index (χ1v) is 11.1. The average Bonchev–Trinajstić information content (AvgIpc) is 3.17. The number of carbonyl (C=O) groups excluding carboxylic acids is 1. The van der Waals surface area contributed by atoms with Crippen LogP contribution in [0.1, 0.15) is 50.5 Å². The van der Waals surface area contributed by atoms with Crippen molar-refractivity contribution in [2.45, 2.75) is 44.9 Å². The third kappa shape index (κ3) is 4.14. The summed E-state index contributed by atoms with van der Waals surface area (Å²) in [4.78, 5) is 12.1. The maximum atomic E-state index is 14.6. The maximum Gasteiger partial charge on any atom is 0.407 e. The van der Waals surface area contributed by atoms with Gasteiger partial charge in [0.25, 0.3) is 0 Å². The van der Waals surface area contributed by atoms with Crippen LogP contribution in [-0.4, -0.2) is 35.6 Å². The van der Waals surface area contributed by atoms with E-state index < -0.39 is 18.0 Å². The molecule has 0 aliphatic carbocycles. The predicted octanol–water partition coefficient (Wildman–Crippen LogP) is 5.11. The van der Waals surface area contributed by atoms with Crippen molar-refractivity contribution in [1.82, 2.24) is 15.1 Å². The number of benzene rings is 2. The molecule has 1 aromatic heterocycles. The zero-order valence-electron chi connectivity index (χ0n) is 18.0. The normalized spacial score (nSPS) is 21.9. The Morgan fingerprint density at radius 1 is 1.12 bits per heavy atom. The van der Waals surface area contributed by atoms with Gasteiger partial charge < -0.3 is 19.5 Å². The van der Waals surface area contributed by atoms with Gasteiger partial charge in [0.2, 0.25) is 0 Å². The summed E-state index contributed by atoms with van der Waals surface area (Å²) < 4.78 is 33.9. The number of ether oxygens (including phenoxy) is 3. The van der Waals surface area contributed by atoms with E-state index in [4.69, 9.17) is 19.3 Å². The van der Waals surface area contributed by atoms with Crippen molar-refractivity contribution in [1.29, 1.82) is 0 Å². The van der Waals surface area contributed by atoms with Crippen molar-refractivity contribution in [3.8, 4) is 17.0 Å². The van der Waals surface area contributed by atoms with E-state index in [1.807, 2.05) is 28.9 Å². The quantitative estimate of drug-likeness (QED) is 0.570. The molecule has 5 rings (SSSR count). The molecule has 3 aromatic rings. The van der Waals surface area contributed by atoms with Gasteiger partial charge in [-0.3, -0.25) is 0 Å². The van der Waals surface area contributed by atoms with Crippen LogP contribution in [0.25, 0.3) is 22.2 Å². The van der Waals surface area contributed by atoms with Gasteiger partial charge in [0, 0.05) is 24.1 Å². The largest absolute Gasteiger partial charge is 0.494 e. The minimum Gasteiger partial charge on any atom is -0.494 e. The molecule has 8 heteroatoms. The van der Waals surface area contributed by atoms with E-state index >= 15 is 0 Å². The molecule has 4 bridgehead atoms. The SMILES string of the molecule is CC1OC(=O)NCCCOc2ccc3c(c2)c(nn3C2CCCCO2)-c2cc(F)cc1c2. The van der Waals surface area contributed by atoms with E-state index in [0.29, 0.717) is 48.7 Å². The lowest BCUT2D eigenvalue weighted by Crippen LogP contribution is -2.27. The number of hydrogen-bond donors (Lipinski definition) is 1. The Morgan fingerprint density at radius 3 is 2.88 bits per heavy atom. The summed E-state index contributed by atoms with van der Waals surface area (Å²) in [5.74, 6) is 0.284. The molecule has 3 heterocycles. The van der Waals surface area contributed by atoms with Crippen molar-refractivity contribution in [3.05, 3.63) is 47.8 Å². The number of rotatable bonds is 1. The fraction of sp³-hybridized carbons (Fsp3) is 0.417. The van der Waals surface area contributed by atoms with Crippen molar-refractivity contribution in [2.75, 3.05) is 19.8 Å². The molecule has 2 aromatic carbocycles. The number of hydrogen-bond acceptors (Lipinski definition) is 5. The highest BCUT2D eigenvalue weighted by Crippen LogP contribution is 2.36. The molecule has 0 saturated carbocycles. The molecule has 2 aliphatic heterocycles. The number of amides is 1. The number of alkyl carbamates (subject to hydrolysis) is 1. The van der Waals surface area contributed by atoms with E-state index in [9.17, 15) is 9.18 Å². The van der Waals surface area contributed by atoms with Gasteiger partial charge in [-0.2, -0.15) is 5.10 Å². The van der Waals surface area contributed by atoms with Crippen molar-refractivity contribution < 1.29 is 23.4 Å². The summed E-state index contributed by atoms with van der Waals surface area (Å²) in [7, 11) is 0. The van der Waals surface area contributed by atoms with Crippen LogP contribution in [0.5, 0.6) is 5.75 Å². The van der Waals surface area contributed by atoms with Crippen LogP contribution in [0.3, 0.4) is 0 Å². The lowest BCUT2D eigenvalue weighted by molar-refractivity contribution is -0.0365. The number of carbonyl (C=O) groups is 1. The standard InChI is InChI=1S/C24H26FN3O4/c1-15-16-11-17(13-18(25)12-16)23-20-14-19(30-10-4-8-26-24(29)32-15)6-7-21(20)28(27-23)22-5-2-3-9-31-22/h6-7,11-15,22H,2-5,8-10H2,1H3,(H,26,29). The van der Waals surface area contributed by atoms with Gasteiger partial charge in [0.15, 0.2) is 6.23 Å². The van der Waals surface area contributed by atoms with Gasteiger partial charge in [-0.15, -0.1) is 0 Å². The Labute approximate surface area is 185 Å². The first-order chi connectivity index (χ1) is 15.6. The monoisotopic (exact) mass is 439 g/mol. The second-order valence-corrected chi connectivity index (χ2v) is 8.24. The van der Waals surface area contributed by atoms with Gasteiger partial charge in [-0.25, -0.2) is 13.9 Å². The summed E-state index contributed by atoms with van der Waals surface area (Å²) >= 11 is 0. The molecular formula is C24H26FN3O4. The second kappa shape index (κ2) is 8.78. The molecule has 2 unspecified atom stereocenters. The third-order valence-corrected chi connectivity index (χ3v) is 5.91. The number of fused-ring (bicyclic) bond motifs is 4. The summed E-state index contributed by atoms with van der Waals surface area (Å²) in [6, 6.07) is 10.5. The average molecular weight is 439 g/mol. The molecule has 1 saturated heterocycles. The van der Waals surface area contributed by atoms with Crippen LogP contribution in [0, 0.1) is 5.82 Å². The Bertz CT molecular complexity index is 1140. The zero-order chi connectivity index (χ0) is 22.1. The number of cyclic esters (lactones) is 1. The highest BCUT2D eigenvalue weighted by molar-refractivity contribution is 5.94. The van der Waals surface area contributed by atoms with Crippen LogP contribution >= 0.6 is 0 Å². The molecule has 1 amide bonds. The molecule has 0 spiro atoms. The van der Waals surface area contributed by atoms with Crippen LogP contribution in [0.2, 0.25) is 0 Å². The Balaban J connectivity index is 1.66. The van der Waals surface area contributed by atoms with E-state index in [1.54, 1.807) is 6.92 Å². The topological polar surface area (TPSA) is 74.6 Å². The Kier molecular flexibility index (Phi) is 5.70. The molecule has 2 aliphatic rings.